The number of likely N-dealkylation sites (tertiary alicyclic amines) is 1. The van der Waals surface area contributed by atoms with E-state index in [0.717, 1.165) is 18.8 Å². The molecule has 1 aliphatic heterocycles. The zero-order valence-electron chi connectivity index (χ0n) is 15.6. The van der Waals surface area contributed by atoms with E-state index in [-0.39, 0.29) is 11.9 Å². The van der Waals surface area contributed by atoms with Crippen LogP contribution in [0.1, 0.15) is 46.8 Å². The molecule has 0 radical (unpaired) electrons. The number of rotatable bonds is 6. The lowest BCUT2D eigenvalue weighted by atomic mass is 10.0. The molecular formula is C22H25N3O2. The second-order valence-corrected chi connectivity index (χ2v) is 6.78. The predicted octanol–water partition coefficient (Wildman–Crippen LogP) is 3.52. The monoisotopic (exact) mass is 363 g/mol. The van der Waals surface area contributed by atoms with Gasteiger partial charge < -0.3 is 10.1 Å². The Kier molecular flexibility index (Phi) is 6.45. The molecule has 3 rings (SSSR count). The lowest BCUT2D eigenvalue weighted by molar-refractivity contribution is 0.0924. The quantitative estimate of drug-likeness (QED) is 0.853. The van der Waals surface area contributed by atoms with Crippen molar-refractivity contribution < 1.29 is 9.53 Å². The summed E-state index contributed by atoms with van der Waals surface area (Å²) in [6.07, 6.45) is 3.65. The van der Waals surface area contributed by atoms with Crippen LogP contribution in [-0.2, 0) is 0 Å². The average Bonchev–Trinajstić information content (AvgIpc) is 2.75. The molecule has 5 heteroatoms. The molecule has 0 bridgehead atoms. The van der Waals surface area contributed by atoms with E-state index >= 15 is 0 Å². The summed E-state index contributed by atoms with van der Waals surface area (Å²) < 4.78 is 5.26. The Morgan fingerprint density at radius 1 is 1.11 bits per heavy atom. The summed E-state index contributed by atoms with van der Waals surface area (Å²) in [5, 5.41) is 12.0. The van der Waals surface area contributed by atoms with Crippen LogP contribution in [0, 0.1) is 11.3 Å². The van der Waals surface area contributed by atoms with Crippen LogP contribution in [0.25, 0.3) is 0 Å². The average molecular weight is 363 g/mol. The first-order valence-corrected chi connectivity index (χ1v) is 9.37. The van der Waals surface area contributed by atoms with Crippen LogP contribution in [0.5, 0.6) is 5.75 Å². The molecular weight excluding hydrogens is 338 g/mol. The Morgan fingerprint density at radius 2 is 1.78 bits per heavy atom. The van der Waals surface area contributed by atoms with Crippen molar-refractivity contribution in [2.75, 3.05) is 26.7 Å². The summed E-state index contributed by atoms with van der Waals surface area (Å²) in [6, 6.07) is 17.0. The Balaban J connectivity index is 1.71. The fourth-order valence-electron chi connectivity index (χ4n) is 3.50. The molecule has 0 spiro atoms. The number of nitriles is 1. The van der Waals surface area contributed by atoms with Gasteiger partial charge in [-0.05, 0) is 67.9 Å². The van der Waals surface area contributed by atoms with Crippen LogP contribution < -0.4 is 10.1 Å². The molecule has 1 saturated heterocycles. The number of nitrogens with zero attached hydrogens (tertiary/aromatic N) is 2. The van der Waals surface area contributed by atoms with E-state index in [2.05, 4.69) is 28.4 Å². The molecule has 1 atom stereocenters. The highest BCUT2D eigenvalue weighted by Crippen LogP contribution is 2.26. The summed E-state index contributed by atoms with van der Waals surface area (Å²) in [6.45, 7) is 2.64. The van der Waals surface area contributed by atoms with Crippen LogP contribution in [0.15, 0.2) is 48.5 Å². The van der Waals surface area contributed by atoms with Gasteiger partial charge in [-0.1, -0.05) is 18.6 Å². The van der Waals surface area contributed by atoms with Crippen molar-refractivity contribution in [2.24, 2.45) is 0 Å². The van der Waals surface area contributed by atoms with E-state index < -0.39 is 0 Å². The minimum atomic E-state index is -0.116. The van der Waals surface area contributed by atoms with Gasteiger partial charge in [0.25, 0.3) is 5.91 Å². The first kappa shape index (κ1) is 18.9. The molecule has 2 aromatic carbocycles. The van der Waals surface area contributed by atoms with Crippen molar-refractivity contribution >= 4 is 5.91 Å². The largest absolute Gasteiger partial charge is 0.497 e. The van der Waals surface area contributed by atoms with E-state index in [0.29, 0.717) is 17.7 Å². The fourth-order valence-corrected chi connectivity index (χ4v) is 3.50. The van der Waals surface area contributed by atoms with Crippen LogP contribution in [-0.4, -0.2) is 37.6 Å². The number of hydrogen-bond acceptors (Lipinski definition) is 4. The molecule has 1 aliphatic rings. The Morgan fingerprint density at radius 3 is 2.37 bits per heavy atom. The van der Waals surface area contributed by atoms with Crippen LogP contribution in [0.4, 0.5) is 0 Å². The first-order valence-electron chi connectivity index (χ1n) is 9.37. The van der Waals surface area contributed by atoms with Gasteiger partial charge in [0.1, 0.15) is 5.75 Å². The molecule has 2 aromatic rings. The minimum absolute atomic E-state index is 0.116. The second kappa shape index (κ2) is 9.20. The maximum atomic E-state index is 12.5. The molecule has 0 unspecified atom stereocenters. The smallest absolute Gasteiger partial charge is 0.251 e. The van der Waals surface area contributed by atoms with E-state index in [1.807, 2.05) is 12.1 Å². The number of carbonyl (C=O) groups excluding carboxylic acids is 1. The molecule has 0 saturated carbocycles. The van der Waals surface area contributed by atoms with E-state index in [1.54, 1.807) is 31.4 Å². The number of nitrogens with one attached hydrogen (secondary N) is 1. The number of benzene rings is 2. The highest BCUT2D eigenvalue weighted by Gasteiger charge is 2.23. The third-order valence-electron chi connectivity index (χ3n) is 5.06. The van der Waals surface area contributed by atoms with Gasteiger partial charge in [0.05, 0.1) is 24.8 Å². The molecule has 27 heavy (non-hydrogen) atoms. The summed E-state index contributed by atoms with van der Waals surface area (Å²) in [4.78, 5) is 15.0. The van der Waals surface area contributed by atoms with Crippen LogP contribution >= 0.6 is 0 Å². The molecule has 1 heterocycles. The molecule has 1 fully saturated rings. The summed E-state index contributed by atoms with van der Waals surface area (Å²) in [5.74, 6) is 0.716. The number of carbonyl (C=O) groups is 1. The van der Waals surface area contributed by atoms with Gasteiger partial charge >= 0.3 is 0 Å². The molecule has 5 nitrogen and oxygen atoms in total. The van der Waals surface area contributed by atoms with Crippen LogP contribution in [0.2, 0.25) is 0 Å². The van der Waals surface area contributed by atoms with Crippen molar-refractivity contribution in [1.82, 2.24) is 10.2 Å². The molecule has 1 amide bonds. The van der Waals surface area contributed by atoms with E-state index in [9.17, 15) is 4.79 Å². The topological polar surface area (TPSA) is 65.4 Å². The normalized spacial score (nSPS) is 15.6. The van der Waals surface area contributed by atoms with Gasteiger partial charge in [0.2, 0.25) is 0 Å². The maximum absolute atomic E-state index is 12.5. The SMILES string of the molecule is COc1ccc([C@H](CNC(=O)c2ccc(C#N)cc2)N2CCCCC2)cc1. The number of piperidine rings is 1. The zero-order chi connectivity index (χ0) is 19.1. The van der Waals surface area contributed by atoms with Gasteiger partial charge in [0, 0.05) is 12.1 Å². The number of methoxy groups -OCH3 is 1. The number of ether oxygens (including phenoxy) is 1. The van der Waals surface area contributed by atoms with Gasteiger partial charge in [0.15, 0.2) is 0 Å². The van der Waals surface area contributed by atoms with Gasteiger partial charge in [-0.25, -0.2) is 0 Å². The van der Waals surface area contributed by atoms with Crippen molar-refractivity contribution in [1.29, 1.82) is 5.26 Å². The van der Waals surface area contributed by atoms with Crippen molar-refractivity contribution in [3.8, 4) is 11.8 Å². The standard InChI is InChI=1S/C22H25N3O2/c1-27-20-11-9-18(10-12-20)21(25-13-3-2-4-14-25)16-24-22(26)19-7-5-17(15-23)6-8-19/h5-12,21H,2-4,13-14,16H2,1H3,(H,24,26)/t21-/m0/s1. The summed E-state index contributed by atoms with van der Waals surface area (Å²) in [5.41, 5.74) is 2.30. The van der Waals surface area contributed by atoms with Gasteiger partial charge in [-0.3, -0.25) is 9.69 Å². The third-order valence-corrected chi connectivity index (χ3v) is 5.06. The molecule has 0 aliphatic carbocycles. The van der Waals surface area contributed by atoms with Crippen molar-refractivity contribution in [2.45, 2.75) is 25.3 Å². The second-order valence-electron chi connectivity index (χ2n) is 6.78. The molecule has 1 N–H and O–H groups in total. The Bertz CT molecular complexity index is 788. The number of hydrogen-bond donors (Lipinski definition) is 1. The Hall–Kier alpha value is -2.84. The van der Waals surface area contributed by atoms with E-state index in [1.165, 1.54) is 24.8 Å². The van der Waals surface area contributed by atoms with Crippen molar-refractivity contribution in [3.63, 3.8) is 0 Å². The highest BCUT2D eigenvalue weighted by molar-refractivity contribution is 5.94. The summed E-state index contributed by atoms with van der Waals surface area (Å²) in [7, 11) is 1.66. The zero-order valence-corrected chi connectivity index (χ0v) is 15.6. The fraction of sp³-hybridized carbons (Fsp3) is 0.364. The van der Waals surface area contributed by atoms with Crippen LogP contribution in [0.3, 0.4) is 0 Å². The highest BCUT2D eigenvalue weighted by atomic mass is 16.5. The summed E-state index contributed by atoms with van der Waals surface area (Å²) >= 11 is 0. The first-order chi connectivity index (χ1) is 13.2. The Labute approximate surface area is 160 Å². The minimum Gasteiger partial charge on any atom is -0.497 e. The lowest BCUT2D eigenvalue weighted by Gasteiger charge is -2.35. The molecule has 0 aromatic heterocycles. The van der Waals surface area contributed by atoms with Gasteiger partial charge in [-0.15, -0.1) is 0 Å². The van der Waals surface area contributed by atoms with Gasteiger partial charge in [-0.2, -0.15) is 5.26 Å². The lowest BCUT2D eigenvalue weighted by Crippen LogP contribution is -2.40. The predicted molar refractivity (Wildman–Crippen MR) is 105 cm³/mol. The molecule has 140 valence electrons. The maximum Gasteiger partial charge on any atom is 0.251 e. The van der Waals surface area contributed by atoms with Crippen molar-refractivity contribution in [3.05, 3.63) is 65.2 Å². The van der Waals surface area contributed by atoms with E-state index in [4.69, 9.17) is 10.00 Å². The third kappa shape index (κ3) is 4.87. The number of amides is 1.